The van der Waals surface area contributed by atoms with Gasteiger partial charge >= 0.3 is 12.1 Å². The number of hydrogen-bond acceptors (Lipinski definition) is 4. The lowest BCUT2D eigenvalue weighted by molar-refractivity contribution is -0.118. The zero-order valence-electron chi connectivity index (χ0n) is 19.1. The summed E-state index contributed by atoms with van der Waals surface area (Å²) < 4.78 is 5.61. The number of rotatable bonds is 8. The topological polar surface area (TPSA) is 105 Å². The molecular formula is C28H26N2O5. The Labute approximate surface area is 203 Å². The highest BCUT2D eigenvalue weighted by Crippen LogP contribution is 2.44. The van der Waals surface area contributed by atoms with E-state index in [-0.39, 0.29) is 23.8 Å². The van der Waals surface area contributed by atoms with Crippen LogP contribution in [0.2, 0.25) is 0 Å². The molecule has 1 saturated carbocycles. The molecule has 0 radical (unpaired) electrons. The Hall–Kier alpha value is -4.13. The summed E-state index contributed by atoms with van der Waals surface area (Å²) in [6, 6.07) is 21.5. The number of amides is 2. The second-order valence-electron chi connectivity index (χ2n) is 9.04. The number of ether oxygens (including phenoxy) is 1. The third kappa shape index (κ3) is 4.89. The van der Waals surface area contributed by atoms with Crippen molar-refractivity contribution in [3.8, 4) is 11.1 Å². The highest BCUT2D eigenvalue weighted by atomic mass is 16.5. The minimum Gasteiger partial charge on any atom is -0.478 e. The molecule has 7 nitrogen and oxygen atoms in total. The molecule has 2 amide bonds. The molecule has 0 saturated heterocycles. The van der Waals surface area contributed by atoms with Crippen molar-refractivity contribution in [1.82, 2.24) is 5.32 Å². The minimum atomic E-state index is -1.14. The van der Waals surface area contributed by atoms with Crippen LogP contribution in [-0.2, 0) is 9.53 Å². The van der Waals surface area contributed by atoms with Crippen molar-refractivity contribution in [3.63, 3.8) is 0 Å². The second-order valence-corrected chi connectivity index (χ2v) is 9.04. The molecule has 0 aromatic heterocycles. The number of anilines is 1. The minimum absolute atomic E-state index is 0.00726. The summed E-state index contributed by atoms with van der Waals surface area (Å²) in [5, 5.41) is 14.8. The average molecular weight is 471 g/mol. The van der Waals surface area contributed by atoms with Gasteiger partial charge in [-0.3, -0.25) is 4.79 Å². The third-order valence-electron chi connectivity index (χ3n) is 6.63. The maximum Gasteiger partial charge on any atom is 0.407 e. The molecular weight excluding hydrogens is 444 g/mol. The Morgan fingerprint density at radius 3 is 2.11 bits per heavy atom. The van der Waals surface area contributed by atoms with E-state index >= 15 is 0 Å². The SMILES string of the molecule is O=C(NC(CC1CC1)C(=O)Nc1ccccc1C(=O)O)OCC1c2ccccc2-c2ccccc21. The molecule has 1 fully saturated rings. The van der Waals surface area contributed by atoms with E-state index in [9.17, 15) is 19.5 Å². The van der Waals surface area contributed by atoms with E-state index in [1.165, 1.54) is 12.1 Å². The van der Waals surface area contributed by atoms with Gasteiger partial charge in [-0.15, -0.1) is 0 Å². The first-order chi connectivity index (χ1) is 17.0. The number of carbonyl (C=O) groups is 3. The van der Waals surface area contributed by atoms with Crippen LogP contribution in [0.4, 0.5) is 10.5 Å². The number of alkyl carbamates (subject to hydrolysis) is 1. The number of hydrogen-bond donors (Lipinski definition) is 3. The Bertz CT molecular complexity index is 1240. The lowest BCUT2D eigenvalue weighted by atomic mass is 9.98. The molecule has 0 aliphatic heterocycles. The maximum atomic E-state index is 13.0. The molecule has 5 rings (SSSR count). The number of aromatic carboxylic acids is 1. The van der Waals surface area contributed by atoms with E-state index < -0.39 is 24.0 Å². The standard InChI is InChI=1S/C28H26N2O5/c31-26(29-24-12-6-5-11-22(24)27(32)33)25(15-17-13-14-17)30-28(34)35-16-23-20-9-3-1-7-18(20)19-8-2-4-10-21(19)23/h1-12,17,23,25H,13-16H2,(H,29,31)(H,30,34)(H,32,33). The zero-order valence-corrected chi connectivity index (χ0v) is 19.1. The molecule has 2 aliphatic carbocycles. The third-order valence-corrected chi connectivity index (χ3v) is 6.63. The van der Waals surface area contributed by atoms with Crippen LogP contribution in [0.25, 0.3) is 11.1 Å². The summed E-state index contributed by atoms with van der Waals surface area (Å²) >= 11 is 0. The van der Waals surface area contributed by atoms with Gasteiger partial charge in [0, 0.05) is 5.92 Å². The van der Waals surface area contributed by atoms with E-state index in [4.69, 9.17) is 4.74 Å². The van der Waals surface area contributed by atoms with Crippen LogP contribution in [-0.4, -0.2) is 35.7 Å². The van der Waals surface area contributed by atoms with E-state index in [0.29, 0.717) is 12.3 Å². The fourth-order valence-electron chi connectivity index (χ4n) is 4.70. The van der Waals surface area contributed by atoms with Crippen molar-refractivity contribution in [3.05, 3.63) is 89.5 Å². The van der Waals surface area contributed by atoms with Crippen molar-refractivity contribution >= 4 is 23.7 Å². The smallest absolute Gasteiger partial charge is 0.407 e. The van der Waals surface area contributed by atoms with E-state index in [0.717, 1.165) is 35.1 Å². The molecule has 35 heavy (non-hydrogen) atoms. The molecule has 1 unspecified atom stereocenters. The predicted molar refractivity (Wildman–Crippen MR) is 131 cm³/mol. The molecule has 0 heterocycles. The zero-order chi connectivity index (χ0) is 24.4. The number of para-hydroxylation sites is 1. The van der Waals surface area contributed by atoms with Gasteiger partial charge < -0.3 is 20.5 Å². The molecule has 7 heteroatoms. The van der Waals surface area contributed by atoms with Crippen molar-refractivity contribution < 1.29 is 24.2 Å². The van der Waals surface area contributed by atoms with Crippen LogP contribution in [0.15, 0.2) is 72.8 Å². The lowest BCUT2D eigenvalue weighted by Crippen LogP contribution is -2.44. The number of benzene rings is 3. The lowest BCUT2D eigenvalue weighted by Gasteiger charge is -2.20. The normalized spacial score (nSPS) is 15.0. The second kappa shape index (κ2) is 9.62. The number of nitrogens with one attached hydrogen (secondary N) is 2. The van der Waals surface area contributed by atoms with Crippen LogP contribution >= 0.6 is 0 Å². The summed E-state index contributed by atoms with van der Waals surface area (Å²) in [7, 11) is 0. The fourth-order valence-corrected chi connectivity index (χ4v) is 4.70. The first kappa shape index (κ1) is 22.7. The molecule has 178 valence electrons. The maximum absolute atomic E-state index is 13.0. The molecule has 2 aliphatic rings. The highest BCUT2D eigenvalue weighted by Gasteiger charge is 2.33. The van der Waals surface area contributed by atoms with Gasteiger partial charge in [-0.2, -0.15) is 0 Å². The summed E-state index contributed by atoms with van der Waals surface area (Å²) in [4.78, 5) is 37.2. The Kier molecular flexibility index (Phi) is 6.23. The van der Waals surface area contributed by atoms with Crippen molar-refractivity contribution in [2.24, 2.45) is 5.92 Å². The first-order valence-electron chi connectivity index (χ1n) is 11.8. The number of carboxylic acid groups (broad SMARTS) is 1. The average Bonchev–Trinajstić information content (AvgIpc) is 3.63. The van der Waals surface area contributed by atoms with E-state index in [1.807, 2.05) is 36.4 Å². The van der Waals surface area contributed by atoms with Gasteiger partial charge in [-0.25, -0.2) is 9.59 Å². The Morgan fingerprint density at radius 2 is 1.49 bits per heavy atom. The summed E-state index contributed by atoms with van der Waals surface area (Å²) in [5.41, 5.74) is 4.69. The molecule has 3 N–H and O–H groups in total. The number of fused-ring (bicyclic) bond motifs is 3. The van der Waals surface area contributed by atoms with Crippen LogP contribution in [0.5, 0.6) is 0 Å². The summed E-state index contributed by atoms with van der Waals surface area (Å²) in [6.45, 7) is 0.152. The van der Waals surface area contributed by atoms with E-state index in [2.05, 4.69) is 22.8 Å². The Morgan fingerprint density at radius 1 is 0.886 bits per heavy atom. The highest BCUT2D eigenvalue weighted by molar-refractivity contribution is 6.02. The van der Waals surface area contributed by atoms with Crippen LogP contribution in [0.1, 0.15) is 46.7 Å². The van der Waals surface area contributed by atoms with Gasteiger partial charge in [0.15, 0.2) is 0 Å². The Balaban J connectivity index is 1.26. The molecule has 3 aromatic rings. The number of carboxylic acids is 1. The van der Waals surface area contributed by atoms with Crippen LogP contribution in [0, 0.1) is 5.92 Å². The largest absolute Gasteiger partial charge is 0.478 e. The van der Waals surface area contributed by atoms with Crippen molar-refractivity contribution in [1.29, 1.82) is 0 Å². The summed E-state index contributed by atoms with van der Waals surface area (Å²) in [6.07, 6.45) is 1.81. The van der Waals surface area contributed by atoms with Crippen molar-refractivity contribution in [2.45, 2.75) is 31.2 Å². The number of carbonyl (C=O) groups excluding carboxylic acids is 2. The monoisotopic (exact) mass is 470 g/mol. The fraction of sp³-hybridized carbons (Fsp3) is 0.250. The summed E-state index contributed by atoms with van der Waals surface area (Å²) in [5.74, 6) is -1.32. The van der Waals surface area contributed by atoms with Gasteiger partial charge in [0.2, 0.25) is 5.91 Å². The van der Waals surface area contributed by atoms with Gasteiger partial charge in [0.25, 0.3) is 0 Å². The first-order valence-corrected chi connectivity index (χ1v) is 11.8. The van der Waals surface area contributed by atoms with Crippen LogP contribution in [0.3, 0.4) is 0 Å². The predicted octanol–water partition coefficient (Wildman–Crippen LogP) is 5.03. The quantitative estimate of drug-likeness (QED) is 0.428. The van der Waals surface area contributed by atoms with Crippen LogP contribution < -0.4 is 10.6 Å². The van der Waals surface area contributed by atoms with Gasteiger partial charge in [0.1, 0.15) is 12.6 Å². The van der Waals surface area contributed by atoms with Gasteiger partial charge in [0.05, 0.1) is 11.3 Å². The molecule has 0 bridgehead atoms. The van der Waals surface area contributed by atoms with E-state index in [1.54, 1.807) is 12.1 Å². The van der Waals surface area contributed by atoms with Gasteiger partial charge in [-0.1, -0.05) is 73.5 Å². The molecule has 0 spiro atoms. The van der Waals surface area contributed by atoms with Crippen molar-refractivity contribution in [2.75, 3.05) is 11.9 Å². The molecule has 1 atom stereocenters. The molecule has 3 aromatic carbocycles. The van der Waals surface area contributed by atoms with Gasteiger partial charge in [-0.05, 0) is 46.7 Å².